The first-order valence-corrected chi connectivity index (χ1v) is 10.2. The third kappa shape index (κ3) is 6.01. The summed E-state index contributed by atoms with van der Waals surface area (Å²) in [5.74, 6) is 0.789. The molecule has 32 heavy (non-hydrogen) atoms. The zero-order chi connectivity index (χ0) is 22.9. The zero-order valence-corrected chi connectivity index (χ0v) is 18.3. The highest BCUT2D eigenvalue weighted by Gasteiger charge is 2.18. The second kappa shape index (κ2) is 10.9. The molecule has 1 atom stereocenters. The molecule has 0 aliphatic rings. The van der Waals surface area contributed by atoms with Crippen LogP contribution in [0.4, 0.5) is 0 Å². The van der Waals surface area contributed by atoms with Gasteiger partial charge in [-0.05, 0) is 49.7 Å². The van der Waals surface area contributed by atoms with Gasteiger partial charge in [-0.15, -0.1) is 0 Å². The van der Waals surface area contributed by atoms with Gasteiger partial charge in [0.05, 0.1) is 19.4 Å². The fourth-order valence-corrected chi connectivity index (χ4v) is 2.99. The highest BCUT2D eigenvalue weighted by molar-refractivity contribution is 6.05. The first kappa shape index (κ1) is 22.7. The molecule has 0 unspecified atom stereocenters. The van der Waals surface area contributed by atoms with Gasteiger partial charge in [0, 0.05) is 11.6 Å². The molecule has 0 aliphatic heterocycles. The number of methoxy groups -OCH3 is 1. The molecule has 0 aliphatic carbocycles. The van der Waals surface area contributed by atoms with E-state index in [0.717, 1.165) is 5.56 Å². The number of ether oxygens (including phenoxy) is 2. The van der Waals surface area contributed by atoms with Crippen LogP contribution in [0.25, 0.3) is 6.08 Å². The van der Waals surface area contributed by atoms with Crippen molar-refractivity contribution >= 4 is 17.9 Å². The number of furan rings is 1. The fraction of sp³-hybridized carbons (Fsp3) is 0.200. The lowest BCUT2D eigenvalue weighted by atomic mass is 10.1. The molecule has 2 aromatic carbocycles. The first-order chi connectivity index (χ1) is 15.5. The van der Waals surface area contributed by atoms with Crippen LogP contribution in [0.15, 0.2) is 77.0 Å². The Balaban J connectivity index is 1.70. The predicted octanol–water partition coefficient (Wildman–Crippen LogP) is 3.95. The Morgan fingerprint density at radius 2 is 1.75 bits per heavy atom. The van der Waals surface area contributed by atoms with E-state index in [9.17, 15) is 9.59 Å². The maximum Gasteiger partial charge on any atom is 0.268 e. The lowest BCUT2D eigenvalue weighted by Crippen LogP contribution is -2.41. The van der Waals surface area contributed by atoms with Crippen molar-refractivity contribution in [2.24, 2.45) is 0 Å². The van der Waals surface area contributed by atoms with Crippen molar-refractivity contribution in [3.63, 3.8) is 0 Å². The third-order valence-electron chi connectivity index (χ3n) is 4.65. The van der Waals surface area contributed by atoms with Crippen LogP contribution in [-0.2, 0) is 4.79 Å². The van der Waals surface area contributed by atoms with E-state index >= 15 is 0 Å². The van der Waals surface area contributed by atoms with Crippen LogP contribution < -0.4 is 20.1 Å². The van der Waals surface area contributed by atoms with Crippen molar-refractivity contribution in [1.82, 2.24) is 10.6 Å². The highest BCUT2D eigenvalue weighted by atomic mass is 16.5. The number of hydrogen-bond donors (Lipinski definition) is 2. The number of nitrogens with one attached hydrogen (secondary N) is 2. The molecule has 0 saturated heterocycles. The summed E-state index contributed by atoms with van der Waals surface area (Å²) in [7, 11) is 1.57. The fourth-order valence-electron chi connectivity index (χ4n) is 2.99. The van der Waals surface area contributed by atoms with E-state index in [2.05, 4.69) is 10.6 Å². The van der Waals surface area contributed by atoms with Crippen LogP contribution in [0, 0.1) is 6.92 Å². The molecular formula is C25H26N2O5. The van der Waals surface area contributed by atoms with Gasteiger partial charge >= 0.3 is 0 Å². The Kier molecular flexibility index (Phi) is 7.70. The Morgan fingerprint density at radius 1 is 1.03 bits per heavy atom. The van der Waals surface area contributed by atoms with Crippen LogP contribution >= 0.6 is 0 Å². The molecule has 7 nitrogen and oxygen atoms in total. The molecule has 1 aromatic heterocycles. The van der Waals surface area contributed by atoms with Gasteiger partial charge in [-0.25, -0.2) is 0 Å². The van der Waals surface area contributed by atoms with E-state index < -0.39 is 5.91 Å². The van der Waals surface area contributed by atoms with Gasteiger partial charge in [-0.3, -0.25) is 9.59 Å². The minimum atomic E-state index is -0.459. The lowest BCUT2D eigenvalue weighted by Gasteiger charge is -2.18. The van der Waals surface area contributed by atoms with Gasteiger partial charge in [0.2, 0.25) is 0 Å². The molecule has 0 bridgehead atoms. The molecule has 3 rings (SSSR count). The number of aryl methyl sites for hydroxylation is 1. The monoisotopic (exact) mass is 434 g/mol. The highest BCUT2D eigenvalue weighted by Crippen LogP contribution is 2.25. The molecule has 2 N–H and O–H groups in total. The average Bonchev–Trinajstić information content (AvgIpc) is 3.30. The van der Waals surface area contributed by atoms with Crippen LogP contribution in [0.3, 0.4) is 0 Å². The summed E-state index contributed by atoms with van der Waals surface area (Å²) in [6.45, 7) is 3.86. The third-order valence-corrected chi connectivity index (χ3v) is 4.65. The Bertz CT molecular complexity index is 1090. The molecule has 0 saturated carbocycles. The topological polar surface area (TPSA) is 89.8 Å². The molecule has 0 spiro atoms. The maximum absolute atomic E-state index is 13.0. The van der Waals surface area contributed by atoms with E-state index in [4.69, 9.17) is 13.9 Å². The molecule has 2 amide bonds. The quantitative estimate of drug-likeness (QED) is 0.498. The molecular weight excluding hydrogens is 408 g/mol. The summed E-state index contributed by atoms with van der Waals surface area (Å²) in [5.41, 5.74) is 1.36. The molecule has 7 heteroatoms. The summed E-state index contributed by atoms with van der Waals surface area (Å²) in [6.07, 6.45) is 2.98. The van der Waals surface area contributed by atoms with Crippen LogP contribution in [0.5, 0.6) is 11.5 Å². The zero-order valence-electron chi connectivity index (χ0n) is 18.3. The smallest absolute Gasteiger partial charge is 0.268 e. The van der Waals surface area contributed by atoms with E-state index in [1.54, 1.807) is 50.4 Å². The van der Waals surface area contributed by atoms with E-state index in [1.807, 2.05) is 31.2 Å². The minimum Gasteiger partial charge on any atom is -0.493 e. The summed E-state index contributed by atoms with van der Waals surface area (Å²) in [5, 5.41) is 5.54. The SMILES string of the molecule is COc1ccccc1OC[C@H](C)NC(=O)/C(=C/c1ccco1)NC(=O)c1ccccc1C. The number of para-hydroxylation sites is 2. The normalized spacial score (nSPS) is 12.0. The first-order valence-electron chi connectivity index (χ1n) is 10.2. The number of amides is 2. The number of hydrogen-bond acceptors (Lipinski definition) is 5. The van der Waals surface area contributed by atoms with Crippen molar-refractivity contribution in [2.45, 2.75) is 19.9 Å². The van der Waals surface area contributed by atoms with Gasteiger partial charge in [0.1, 0.15) is 18.1 Å². The van der Waals surface area contributed by atoms with Gasteiger partial charge in [-0.1, -0.05) is 30.3 Å². The van der Waals surface area contributed by atoms with Crippen molar-refractivity contribution in [2.75, 3.05) is 13.7 Å². The summed E-state index contributed by atoms with van der Waals surface area (Å²) in [6, 6.07) is 17.5. The number of carbonyl (C=O) groups excluding carboxylic acids is 2. The van der Waals surface area contributed by atoms with Crippen molar-refractivity contribution in [3.05, 3.63) is 89.5 Å². The van der Waals surface area contributed by atoms with Gasteiger partial charge < -0.3 is 24.5 Å². The molecule has 166 valence electrons. The van der Waals surface area contributed by atoms with Crippen LogP contribution in [-0.4, -0.2) is 31.6 Å². The average molecular weight is 434 g/mol. The minimum absolute atomic E-state index is 0.0670. The summed E-state index contributed by atoms with van der Waals surface area (Å²) in [4.78, 5) is 25.7. The number of rotatable bonds is 9. The molecule has 0 fully saturated rings. The second-order valence-corrected chi connectivity index (χ2v) is 7.18. The van der Waals surface area contributed by atoms with Crippen LogP contribution in [0.2, 0.25) is 0 Å². The van der Waals surface area contributed by atoms with Crippen molar-refractivity contribution < 1.29 is 23.5 Å². The van der Waals surface area contributed by atoms with Gasteiger partial charge in [-0.2, -0.15) is 0 Å². The van der Waals surface area contributed by atoms with E-state index in [-0.39, 0.29) is 24.3 Å². The largest absolute Gasteiger partial charge is 0.493 e. The summed E-state index contributed by atoms with van der Waals surface area (Å²) >= 11 is 0. The number of benzene rings is 2. The van der Waals surface area contributed by atoms with E-state index in [1.165, 1.54) is 12.3 Å². The Morgan fingerprint density at radius 3 is 2.44 bits per heavy atom. The molecule has 0 radical (unpaired) electrons. The van der Waals surface area contributed by atoms with Gasteiger partial charge in [0.25, 0.3) is 11.8 Å². The predicted molar refractivity (Wildman–Crippen MR) is 121 cm³/mol. The van der Waals surface area contributed by atoms with E-state index in [0.29, 0.717) is 22.8 Å². The number of carbonyl (C=O) groups is 2. The van der Waals surface area contributed by atoms with Crippen LogP contribution in [0.1, 0.15) is 28.6 Å². The molecule has 1 heterocycles. The lowest BCUT2D eigenvalue weighted by molar-refractivity contribution is -0.118. The van der Waals surface area contributed by atoms with Gasteiger partial charge in [0.15, 0.2) is 11.5 Å². The second-order valence-electron chi connectivity index (χ2n) is 7.18. The maximum atomic E-state index is 13.0. The standard InChI is InChI=1S/C25H26N2O5/c1-17-9-4-5-11-20(17)24(28)27-21(15-19-10-8-14-31-19)25(29)26-18(2)16-32-23-13-7-6-12-22(23)30-3/h4-15,18H,16H2,1-3H3,(H,26,29)(H,27,28)/b21-15-/t18-/m0/s1. The Hall–Kier alpha value is -4.00. The Labute approximate surface area is 187 Å². The van der Waals surface area contributed by atoms with Crippen molar-refractivity contribution in [3.8, 4) is 11.5 Å². The van der Waals surface area contributed by atoms with Crippen molar-refractivity contribution in [1.29, 1.82) is 0 Å². The summed E-state index contributed by atoms with van der Waals surface area (Å²) < 4.78 is 16.4. The molecule has 3 aromatic rings.